The van der Waals surface area contributed by atoms with Crippen LogP contribution in [0.3, 0.4) is 0 Å². The van der Waals surface area contributed by atoms with E-state index in [1.54, 1.807) is 11.0 Å². The normalized spacial score (nSPS) is 22.6. The van der Waals surface area contributed by atoms with Gasteiger partial charge in [0.1, 0.15) is 5.52 Å². The number of amides is 1. The van der Waals surface area contributed by atoms with Crippen molar-refractivity contribution in [2.75, 3.05) is 13.1 Å². The largest absolute Gasteiger partial charge is 0.441 e. The van der Waals surface area contributed by atoms with E-state index < -0.39 is 0 Å². The molecule has 1 aromatic carbocycles. The third-order valence-corrected chi connectivity index (χ3v) is 6.43. The molecule has 6 heteroatoms. The van der Waals surface area contributed by atoms with Gasteiger partial charge in [0.25, 0.3) is 5.91 Å². The molecule has 6 nitrogen and oxygen atoms in total. The maximum atomic E-state index is 13.3. The lowest BCUT2D eigenvalue weighted by Crippen LogP contribution is -2.40. The molecule has 2 N–H and O–H groups in total. The predicted molar refractivity (Wildman–Crippen MR) is 121 cm³/mol. The van der Waals surface area contributed by atoms with Crippen LogP contribution < -0.4 is 5.73 Å². The van der Waals surface area contributed by atoms with Crippen molar-refractivity contribution in [3.63, 3.8) is 0 Å². The summed E-state index contributed by atoms with van der Waals surface area (Å²) in [5.74, 6) is 0.826. The van der Waals surface area contributed by atoms with Crippen molar-refractivity contribution in [2.24, 2.45) is 11.7 Å². The third-order valence-electron chi connectivity index (χ3n) is 6.43. The zero-order valence-corrected chi connectivity index (χ0v) is 18.0. The van der Waals surface area contributed by atoms with Gasteiger partial charge in [-0.15, -0.1) is 0 Å². The molecule has 1 amide bonds. The average molecular weight is 417 g/mol. The first-order valence-electron chi connectivity index (χ1n) is 11.0. The second-order valence-corrected chi connectivity index (χ2v) is 8.70. The number of nitrogens with zero attached hydrogens (tertiary/aromatic N) is 3. The summed E-state index contributed by atoms with van der Waals surface area (Å²) < 4.78 is 5.71. The molecule has 5 rings (SSSR count). The quantitative estimate of drug-likeness (QED) is 0.797. The SMILES string of the molecule is Cc1nc2ccc(C3=CC(=O)N4C=C(N5CCC(N)CC5)C=CC4=CCC3C)cc2o1. The van der Waals surface area contributed by atoms with Gasteiger partial charge in [0.15, 0.2) is 11.5 Å². The fraction of sp³-hybridized carbons (Fsp3) is 0.360. The zero-order chi connectivity index (χ0) is 21.5. The number of hydrogen-bond acceptors (Lipinski definition) is 5. The Balaban J connectivity index is 1.46. The van der Waals surface area contributed by atoms with E-state index >= 15 is 0 Å². The molecule has 3 aliphatic rings. The van der Waals surface area contributed by atoms with Crippen LogP contribution in [-0.2, 0) is 4.79 Å². The molecular weight excluding hydrogens is 388 g/mol. The van der Waals surface area contributed by atoms with Crippen LogP contribution in [0.25, 0.3) is 16.7 Å². The smallest absolute Gasteiger partial charge is 0.255 e. The summed E-state index contributed by atoms with van der Waals surface area (Å²) in [5.41, 5.74) is 11.7. The van der Waals surface area contributed by atoms with Crippen LogP contribution in [-0.4, -0.2) is 39.8 Å². The minimum Gasteiger partial charge on any atom is -0.441 e. The number of allylic oxidation sites excluding steroid dienone is 4. The van der Waals surface area contributed by atoms with E-state index in [4.69, 9.17) is 10.2 Å². The number of piperidine rings is 1. The Morgan fingerprint density at radius 3 is 2.74 bits per heavy atom. The molecule has 4 heterocycles. The summed E-state index contributed by atoms with van der Waals surface area (Å²) in [6.07, 6.45) is 12.9. The lowest BCUT2D eigenvalue weighted by molar-refractivity contribution is -0.122. The van der Waals surface area contributed by atoms with Crippen LogP contribution in [0, 0.1) is 12.8 Å². The molecule has 1 saturated heterocycles. The number of hydrogen-bond donors (Lipinski definition) is 1. The number of nitrogens with two attached hydrogens (primary N) is 1. The third kappa shape index (κ3) is 3.83. The molecule has 1 unspecified atom stereocenters. The standard InChI is InChI=1S/C25H28N4O2/c1-16-3-5-20-6-7-21(28-11-9-19(26)10-12-28)15-29(20)25(30)14-22(16)18-4-8-23-24(13-18)31-17(2)27-23/h4-8,13-16,19H,3,9-12,26H2,1-2H3. The van der Waals surface area contributed by atoms with Crippen molar-refractivity contribution in [3.8, 4) is 0 Å². The molecule has 0 spiro atoms. The molecular formula is C25H28N4O2. The maximum Gasteiger partial charge on any atom is 0.255 e. The van der Waals surface area contributed by atoms with Crippen molar-refractivity contribution in [1.82, 2.24) is 14.8 Å². The number of carbonyl (C=O) groups is 1. The topological polar surface area (TPSA) is 75.6 Å². The van der Waals surface area contributed by atoms with Crippen LogP contribution in [0.15, 0.2) is 64.5 Å². The van der Waals surface area contributed by atoms with E-state index in [1.807, 2.05) is 31.3 Å². The Morgan fingerprint density at radius 1 is 1.16 bits per heavy atom. The first-order valence-corrected chi connectivity index (χ1v) is 11.0. The highest BCUT2D eigenvalue weighted by Gasteiger charge is 2.25. The van der Waals surface area contributed by atoms with Crippen molar-refractivity contribution in [3.05, 3.63) is 71.6 Å². The molecule has 31 heavy (non-hydrogen) atoms. The number of aromatic nitrogens is 1. The highest BCUT2D eigenvalue weighted by Crippen LogP contribution is 2.33. The maximum absolute atomic E-state index is 13.3. The van der Waals surface area contributed by atoms with Gasteiger partial charge in [-0.3, -0.25) is 9.69 Å². The van der Waals surface area contributed by atoms with E-state index in [0.29, 0.717) is 5.89 Å². The number of aryl methyl sites for hydroxylation is 1. The molecule has 0 bridgehead atoms. The molecule has 1 atom stereocenters. The monoisotopic (exact) mass is 416 g/mol. The van der Waals surface area contributed by atoms with Crippen molar-refractivity contribution in [2.45, 2.75) is 39.2 Å². The number of fused-ring (bicyclic) bond motifs is 2. The first-order chi connectivity index (χ1) is 15.0. The van der Waals surface area contributed by atoms with Gasteiger partial charge in [0, 0.05) is 44.0 Å². The highest BCUT2D eigenvalue weighted by molar-refractivity contribution is 5.98. The Bertz CT molecular complexity index is 1150. The minimum atomic E-state index is -0.0304. The summed E-state index contributed by atoms with van der Waals surface area (Å²) in [5, 5.41) is 0. The molecule has 1 fully saturated rings. The fourth-order valence-corrected chi connectivity index (χ4v) is 4.56. The predicted octanol–water partition coefficient (Wildman–Crippen LogP) is 4.11. The van der Waals surface area contributed by atoms with Gasteiger partial charge in [0.2, 0.25) is 0 Å². The number of benzene rings is 1. The Labute approximate surface area is 182 Å². The first kappa shape index (κ1) is 19.8. The molecule has 0 saturated carbocycles. The second kappa shape index (κ2) is 7.85. The number of oxazole rings is 1. The van der Waals surface area contributed by atoms with Gasteiger partial charge in [-0.2, -0.15) is 0 Å². The number of carbonyl (C=O) groups excluding carboxylic acids is 1. The van der Waals surface area contributed by atoms with E-state index in [9.17, 15) is 4.79 Å². The summed E-state index contributed by atoms with van der Waals surface area (Å²) in [6, 6.07) is 6.26. The van der Waals surface area contributed by atoms with Gasteiger partial charge in [-0.05, 0) is 60.6 Å². The van der Waals surface area contributed by atoms with Crippen LogP contribution in [0.4, 0.5) is 0 Å². The zero-order valence-electron chi connectivity index (χ0n) is 18.0. The van der Waals surface area contributed by atoms with Crippen LogP contribution >= 0.6 is 0 Å². The van der Waals surface area contributed by atoms with E-state index in [-0.39, 0.29) is 17.9 Å². The highest BCUT2D eigenvalue weighted by atomic mass is 16.3. The Morgan fingerprint density at radius 2 is 1.94 bits per heavy atom. The Hall–Kier alpha value is -3.12. The molecule has 0 aliphatic carbocycles. The summed E-state index contributed by atoms with van der Waals surface area (Å²) in [4.78, 5) is 21.8. The van der Waals surface area contributed by atoms with Gasteiger partial charge in [0.05, 0.1) is 5.70 Å². The molecule has 1 aromatic heterocycles. The second-order valence-electron chi connectivity index (χ2n) is 8.70. The Kier molecular flexibility index (Phi) is 5.02. The molecule has 0 radical (unpaired) electrons. The minimum absolute atomic E-state index is 0.0304. The van der Waals surface area contributed by atoms with Crippen molar-refractivity contribution >= 4 is 22.6 Å². The van der Waals surface area contributed by atoms with Crippen LogP contribution in [0.1, 0.15) is 37.6 Å². The van der Waals surface area contributed by atoms with Crippen LogP contribution in [0.2, 0.25) is 0 Å². The molecule has 3 aliphatic heterocycles. The molecule has 160 valence electrons. The average Bonchev–Trinajstić information content (AvgIpc) is 3.14. The van der Waals surface area contributed by atoms with E-state index in [1.165, 1.54) is 0 Å². The van der Waals surface area contributed by atoms with Gasteiger partial charge in [-0.1, -0.05) is 19.1 Å². The van der Waals surface area contributed by atoms with Crippen molar-refractivity contribution in [1.29, 1.82) is 0 Å². The van der Waals surface area contributed by atoms with Crippen molar-refractivity contribution < 1.29 is 9.21 Å². The summed E-state index contributed by atoms with van der Waals surface area (Å²) in [7, 11) is 0. The van der Waals surface area contributed by atoms with Gasteiger partial charge in [-0.25, -0.2) is 4.98 Å². The van der Waals surface area contributed by atoms with E-state index in [0.717, 1.165) is 66.0 Å². The summed E-state index contributed by atoms with van der Waals surface area (Å²) in [6.45, 7) is 5.85. The van der Waals surface area contributed by atoms with E-state index in [2.05, 4.69) is 35.0 Å². The lowest BCUT2D eigenvalue weighted by atomic mass is 9.89. The van der Waals surface area contributed by atoms with Crippen LogP contribution in [0.5, 0.6) is 0 Å². The lowest BCUT2D eigenvalue weighted by Gasteiger charge is -2.35. The van der Waals surface area contributed by atoms with Gasteiger partial charge >= 0.3 is 0 Å². The molecule has 2 aromatic rings. The van der Waals surface area contributed by atoms with Gasteiger partial charge < -0.3 is 15.1 Å². The number of likely N-dealkylation sites (tertiary alicyclic amines) is 1. The summed E-state index contributed by atoms with van der Waals surface area (Å²) >= 11 is 0. The number of rotatable bonds is 2. The fourth-order valence-electron chi connectivity index (χ4n) is 4.56.